The largest absolute Gasteiger partial charge is 0.411 e. The van der Waals surface area contributed by atoms with Gasteiger partial charge in [0, 0.05) is 36.6 Å². The van der Waals surface area contributed by atoms with Crippen molar-refractivity contribution in [3.63, 3.8) is 0 Å². The van der Waals surface area contributed by atoms with Crippen LogP contribution in [0.2, 0.25) is 0 Å². The Kier molecular flexibility index (Phi) is 6.63. The maximum absolute atomic E-state index is 13.4. The van der Waals surface area contributed by atoms with E-state index < -0.39 is 12.0 Å². The van der Waals surface area contributed by atoms with E-state index in [1.807, 2.05) is 17.5 Å². The number of amides is 2. The predicted molar refractivity (Wildman–Crippen MR) is 134 cm³/mol. The Bertz CT molecular complexity index is 1390. The number of nitrogens with two attached hydrogens (primary N) is 1. The minimum Gasteiger partial charge on any atom is -0.411 e. The van der Waals surface area contributed by atoms with Crippen LogP contribution < -0.4 is 20.7 Å². The van der Waals surface area contributed by atoms with Crippen molar-refractivity contribution >= 4 is 34.2 Å². The number of nitrogens with one attached hydrogen (secondary N) is 1. The Labute approximate surface area is 210 Å². The summed E-state index contributed by atoms with van der Waals surface area (Å²) in [6.45, 7) is 1.21. The molecule has 3 N–H and O–H groups in total. The normalized spacial score (nSPS) is 15.1. The number of thiazole rings is 1. The summed E-state index contributed by atoms with van der Waals surface area (Å²) in [5.41, 5.74) is 8.10. The number of benzene rings is 1. The number of ether oxygens (including phenoxy) is 1. The Morgan fingerprint density at radius 2 is 2.06 bits per heavy atom. The first kappa shape index (κ1) is 23.5. The zero-order valence-electron chi connectivity index (χ0n) is 19.1. The quantitative estimate of drug-likeness (QED) is 0.355. The number of pyridine rings is 1. The zero-order chi connectivity index (χ0) is 25.1. The van der Waals surface area contributed by atoms with E-state index in [1.165, 1.54) is 23.6 Å². The molecule has 0 radical (unpaired) electrons. The first-order valence-corrected chi connectivity index (χ1v) is 12.2. The molecule has 1 aromatic carbocycles. The topological polar surface area (TPSA) is 115 Å². The van der Waals surface area contributed by atoms with Crippen molar-refractivity contribution in [3.8, 4) is 5.75 Å². The number of carbonyl (C=O) groups excluding carboxylic acids is 2. The molecule has 1 aliphatic heterocycles. The zero-order valence-corrected chi connectivity index (χ0v) is 20.0. The van der Waals surface area contributed by atoms with Gasteiger partial charge in [0.25, 0.3) is 5.91 Å². The van der Waals surface area contributed by atoms with Crippen molar-refractivity contribution in [1.82, 2.24) is 14.5 Å². The highest BCUT2D eigenvalue weighted by molar-refractivity contribution is 7.14. The number of aromatic nitrogens is 3. The SMILES string of the molecule is NC(=O)Oc1ccc(N2CCC[C@@H]2c2csc(NC(=O)c3cccn3Cc3ccnc(F)c3)n2)cc1. The van der Waals surface area contributed by atoms with Crippen LogP contribution in [-0.2, 0) is 6.54 Å². The molecule has 1 fully saturated rings. The van der Waals surface area contributed by atoms with Gasteiger partial charge in [-0.2, -0.15) is 4.39 Å². The molecule has 9 nitrogen and oxygen atoms in total. The van der Waals surface area contributed by atoms with Gasteiger partial charge in [0.2, 0.25) is 5.95 Å². The highest BCUT2D eigenvalue weighted by Crippen LogP contribution is 2.37. The lowest BCUT2D eigenvalue weighted by Gasteiger charge is -2.25. The Hall–Kier alpha value is -4.25. The Morgan fingerprint density at radius 1 is 1.22 bits per heavy atom. The molecule has 0 aliphatic carbocycles. The average molecular weight is 507 g/mol. The lowest BCUT2D eigenvalue weighted by Crippen LogP contribution is -2.23. The number of halogens is 1. The third-order valence-corrected chi connectivity index (χ3v) is 6.71. The number of anilines is 2. The first-order valence-electron chi connectivity index (χ1n) is 11.3. The van der Waals surface area contributed by atoms with Crippen LogP contribution in [0.1, 0.15) is 40.6 Å². The molecule has 1 atom stereocenters. The van der Waals surface area contributed by atoms with E-state index in [1.54, 1.807) is 41.1 Å². The summed E-state index contributed by atoms with van der Waals surface area (Å²) in [6, 6.07) is 13.8. The molecule has 4 heterocycles. The number of rotatable bonds is 7. The van der Waals surface area contributed by atoms with E-state index in [-0.39, 0.29) is 11.9 Å². The lowest BCUT2D eigenvalue weighted by atomic mass is 10.1. The molecule has 1 aliphatic rings. The molecule has 0 spiro atoms. The average Bonchev–Trinajstić information content (AvgIpc) is 3.60. The number of primary amides is 1. The van der Waals surface area contributed by atoms with E-state index in [0.717, 1.165) is 30.8 Å². The van der Waals surface area contributed by atoms with Gasteiger partial charge in [-0.3, -0.25) is 10.1 Å². The molecule has 0 unspecified atom stereocenters. The van der Waals surface area contributed by atoms with Gasteiger partial charge in [0.05, 0.1) is 11.7 Å². The van der Waals surface area contributed by atoms with Crippen LogP contribution in [-0.4, -0.2) is 33.1 Å². The van der Waals surface area contributed by atoms with E-state index >= 15 is 0 Å². The summed E-state index contributed by atoms with van der Waals surface area (Å²) in [6.07, 6.45) is 4.27. The minimum absolute atomic E-state index is 0.0697. The van der Waals surface area contributed by atoms with Crippen LogP contribution in [0.3, 0.4) is 0 Å². The second-order valence-electron chi connectivity index (χ2n) is 8.31. The summed E-state index contributed by atoms with van der Waals surface area (Å²) in [5, 5.41) is 5.36. The van der Waals surface area contributed by atoms with Crippen molar-refractivity contribution in [2.24, 2.45) is 5.73 Å². The molecule has 0 bridgehead atoms. The summed E-state index contributed by atoms with van der Waals surface area (Å²) >= 11 is 1.37. The summed E-state index contributed by atoms with van der Waals surface area (Å²) in [4.78, 5) is 34.4. The fourth-order valence-electron chi connectivity index (χ4n) is 4.36. The number of carbonyl (C=O) groups is 2. The third-order valence-electron chi connectivity index (χ3n) is 5.93. The van der Waals surface area contributed by atoms with Gasteiger partial charge < -0.3 is 19.9 Å². The molecule has 2 amide bonds. The van der Waals surface area contributed by atoms with Crippen molar-refractivity contribution in [1.29, 1.82) is 0 Å². The maximum Gasteiger partial charge on any atom is 0.409 e. The second kappa shape index (κ2) is 10.2. The van der Waals surface area contributed by atoms with Crippen molar-refractivity contribution in [3.05, 3.63) is 89.2 Å². The predicted octanol–water partition coefficient (Wildman–Crippen LogP) is 4.58. The van der Waals surface area contributed by atoms with Crippen LogP contribution >= 0.6 is 11.3 Å². The van der Waals surface area contributed by atoms with Crippen molar-refractivity contribution < 1.29 is 18.7 Å². The monoisotopic (exact) mass is 506 g/mol. The van der Waals surface area contributed by atoms with Crippen LogP contribution in [0.5, 0.6) is 5.75 Å². The molecular formula is C25H23FN6O3S. The van der Waals surface area contributed by atoms with Gasteiger partial charge in [-0.15, -0.1) is 11.3 Å². The number of hydrogen-bond acceptors (Lipinski definition) is 7. The van der Waals surface area contributed by atoms with Gasteiger partial charge in [0.15, 0.2) is 5.13 Å². The fourth-order valence-corrected chi connectivity index (χ4v) is 5.11. The van der Waals surface area contributed by atoms with Gasteiger partial charge >= 0.3 is 6.09 Å². The summed E-state index contributed by atoms with van der Waals surface area (Å²) in [7, 11) is 0. The van der Waals surface area contributed by atoms with E-state index in [9.17, 15) is 14.0 Å². The highest BCUT2D eigenvalue weighted by Gasteiger charge is 2.28. The molecular weight excluding hydrogens is 483 g/mol. The van der Waals surface area contributed by atoms with Gasteiger partial charge in [0.1, 0.15) is 11.4 Å². The molecule has 3 aromatic heterocycles. The molecule has 184 valence electrons. The minimum atomic E-state index is -0.850. The van der Waals surface area contributed by atoms with Crippen molar-refractivity contribution in [2.45, 2.75) is 25.4 Å². The number of hydrogen-bond donors (Lipinski definition) is 2. The Morgan fingerprint density at radius 3 is 2.83 bits per heavy atom. The molecule has 4 aromatic rings. The third kappa shape index (κ3) is 5.20. The van der Waals surface area contributed by atoms with E-state index in [0.29, 0.717) is 28.7 Å². The van der Waals surface area contributed by atoms with Gasteiger partial charge in [-0.25, -0.2) is 14.8 Å². The first-order chi connectivity index (χ1) is 17.5. The number of nitrogens with zero attached hydrogens (tertiary/aromatic N) is 4. The lowest BCUT2D eigenvalue weighted by molar-refractivity contribution is 0.101. The highest BCUT2D eigenvalue weighted by atomic mass is 32.1. The molecule has 5 rings (SSSR count). The summed E-state index contributed by atoms with van der Waals surface area (Å²) < 4.78 is 20.1. The fraction of sp³-hybridized carbons (Fsp3) is 0.200. The van der Waals surface area contributed by atoms with Gasteiger partial charge in [-0.05, 0) is 66.9 Å². The smallest absolute Gasteiger partial charge is 0.409 e. The van der Waals surface area contributed by atoms with E-state index in [4.69, 9.17) is 15.5 Å². The standard InChI is InChI=1S/C25H23FN6O3S/c26-22-13-16(9-10-28-22)14-31-11-1-4-21(31)23(33)30-25-29-19(15-36-25)20-3-2-12-32(20)17-5-7-18(8-6-17)35-24(27)34/h1,4-11,13,15,20H,2-3,12,14H2,(H2,27,34)(H,29,30,33)/t20-/m1/s1. The molecule has 1 saturated heterocycles. The van der Waals surface area contributed by atoms with Crippen molar-refractivity contribution in [2.75, 3.05) is 16.8 Å². The van der Waals surface area contributed by atoms with Gasteiger partial charge in [-0.1, -0.05) is 0 Å². The van der Waals surface area contributed by atoms with E-state index in [2.05, 4.69) is 15.2 Å². The van der Waals surface area contributed by atoms with Crippen LogP contribution in [0.15, 0.2) is 66.3 Å². The maximum atomic E-state index is 13.4. The second-order valence-corrected chi connectivity index (χ2v) is 9.16. The summed E-state index contributed by atoms with van der Waals surface area (Å²) in [5.74, 6) is -0.458. The molecule has 36 heavy (non-hydrogen) atoms. The Balaban J connectivity index is 1.27. The molecule has 11 heteroatoms. The molecule has 0 saturated carbocycles. The van der Waals surface area contributed by atoms with Crippen LogP contribution in [0.25, 0.3) is 0 Å². The van der Waals surface area contributed by atoms with Crippen LogP contribution in [0.4, 0.5) is 20.0 Å². The van der Waals surface area contributed by atoms with Crippen LogP contribution in [0, 0.1) is 5.95 Å².